The predicted octanol–water partition coefficient (Wildman–Crippen LogP) is 0.561. The molecule has 0 saturated carbocycles. The van der Waals surface area contributed by atoms with Gasteiger partial charge in [-0.2, -0.15) is 0 Å². The number of nitrogens with zero attached hydrogens (tertiary/aromatic N) is 2. The summed E-state index contributed by atoms with van der Waals surface area (Å²) in [4.78, 5) is 18.6. The maximum Gasteiger partial charge on any atom is 0.243 e. The van der Waals surface area contributed by atoms with Crippen LogP contribution in [0.3, 0.4) is 0 Å². The van der Waals surface area contributed by atoms with Gasteiger partial charge in [-0.3, -0.25) is 4.79 Å². The molecular weight excluding hydrogens is 308 g/mol. The van der Waals surface area contributed by atoms with Crippen LogP contribution in [-0.4, -0.2) is 57.0 Å². The molecule has 2 rings (SSSR count). The number of methoxy groups -OCH3 is 1. The van der Waals surface area contributed by atoms with E-state index in [-0.39, 0.29) is 24.9 Å². The van der Waals surface area contributed by atoms with Gasteiger partial charge in [-0.1, -0.05) is 0 Å². The van der Waals surface area contributed by atoms with Crippen molar-refractivity contribution in [2.24, 2.45) is 5.73 Å². The maximum absolute atomic E-state index is 11.9. The van der Waals surface area contributed by atoms with E-state index in [1.807, 2.05) is 19.1 Å². The van der Waals surface area contributed by atoms with Gasteiger partial charge in [-0.25, -0.2) is 4.98 Å². The van der Waals surface area contributed by atoms with E-state index < -0.39 is 6.04 Å². The third-order valence-electron chi connectivity index (χ3n) is 3.35. The lowest BCUT2D eigenvalue weighted by molar-refractivity contribution is -0.118. The second-order valence-electron chi connectivity index (χ2n) is 4.95. The highest BCUT2D eigenvalue weighted by atomic mass is 35.5. The first-order chi connectivity index (χ1) is 10.1. The third kappa shape index (κ3) is 4.81. The summed E-state index contributed by atoms with van der Waals surface area (Å²) in [5.74, 6) is 0.621. The number of nitrogens with two attached hydrogens (primary N) is 1. The fraction of sp³-hybridized carbons (Fsp3) is 0.571. The molecule has 0 bridgehead atoms. The van der Waals surface area contributed by atoms with Gasteiger partial charge < -0.3 is 25.4 Å². The molecule has 7 nitrogen and oxygen atoms in total. The van der Waals surface area contributed by atoms with Gasteiger partial charge >= 0.3 is 0 Å². The summed E-state index contributed by atoms with van der Waals surface area (Å²) >= 11 is 0. The van der Waals surface area contributed by atoms with Gasteiger partial charge in [0.2, 0.25) is 5.91 Å². The van der Waals surface area contributed by atoms with E-state index in [1.54, 1.807) is 0 Å². The van der Waals surface area contributed by atoms with Crippen LogP contribution in [0.4, 0.5) is 11.5 Å². The number of aryl methyl sites for hydroxylation is 1. The van der Waals surface area contributed by atoms with Crippen molar-refractivity contribution >= 4 is 29.8 Å². The number of ether oxygens (including phenoxy) is 2. The first kappa shape index (κ1) is 18.6. The molecule has 1 aliphatic rings. The minimum absolute atomic E-state index is 0. The molecule has 1 saturated heterocycles. The molecular formula is C14H23ClN4O3. The van der Waals surface area contributed by atoms with Gasteiger partial charge in [0, 0.05) is 20.2 Å². The summed E-state index contributed by atoms with van der Waals surface area (Å²) in [6.07, 6.45) is 0. The Kier molecular flexibility index (Phi) is 7.53. The highest BCUT2D eigenvalue weighted by molar-refractivity contribution is 5.95. The number of aromatic nitrogens is 1. The van der Waals surface area contributed by atoms with Gasteiger partial charge in [-0.15, -0.1) is 12.4 Å². The Hall–Kier alpha value is -1.41. The summed E-state index contributed by atoms with van der Waals surface area (Å²) in [6.45, 7) is 5.13. The number of rotatable bonds is 5. The Morgan fingerprint density at radius 2 is 2.18 bits per heavy atom. The molecule has 0 spiro atoms. The van der Waals surface area contributed by atoms with Gasteiger partial charge in [-0.05, 0) is 19.1 Å². The molecule has 1 aromatic heterocycles. The Labute approximate surface area is 136 Å². The minimum atomic E-state index is -0.687. The number of pyridine rings is 1. The Morgan fingerprint density at radius 1 is 1.50 bits per heavy atom. The second kappa shape index (κ2) is 8.89. The van der Waals surface area contributed by atoms with Crippen LogP contribution in [0.5, 0.6) is 0 Å². The number of carbonyl (C=O) groups is 1. The highest BCUT2D eigenvalue weighted by Gasteiger charge is 2.16. The van der Waals surface area contributed by atoms with Crippen molar-refractivity contribution in [1.29, 1.82) is 0 Å². The van der Waals surface area contributed by atoms with E-state index in [0.29, 0.717) is 18.9 Å². The molecule has 1 fully saturated rings. The van der Waals surface area contributed by atoms with Crippen molar-refractivity contribution in [3.63, 3.8) is 0 Å². The number of halogens is 1. The summed E-state index contributed by atoms with van der Waals surface area (Å²) in [5, 5.41) is 2.78. The average molecular weight is 331 g/mol. The van der Waals surface area contributed by atoms with E-state index >= 15 is 0 Å². The molecule has 1 aromatic rings. The van der Waals surface area contributed by atoms with Gasteiger partial charge in [0.05, 0.1) is 31.2 Å². The quantitative estimate of drug-likeness (QED) is 0.820. The van der Waals surface area contributed by atoms with E-state index in [0.717, 1.165) is 24.6 Å². The summed E-state index contributed by atoms with van der Waals surface area (Å²) in [5.41, 5.74) is 7.12. The van der Waals surface area contributed by atoms with Crippen molar-refractivity contribution in [2.75, 3.05) is 50.2 Å². The fourth-order valence-electron chi connectivity index (χ4n) is 2.13. The lowest BCUT2D eigenvalue weighted by Crippen LogP contribution is -2.39. The lowest BCUT2D eigenvalue weighted by Gasteiger charge is -2.28. The number of hydrogen-bond acceptors (Lipinski definition) is 6. The molecule has 3 N–H and O–H groups in total. The van der Waals surface area contributed by atoms with Crippen LogP contribution in [0, 0.1) is 6.92 Å². The SMILES string of the molecule is COCC(N)C(=O)Nc1ccc(N2CCOCC2)nc1C.Cl. The second-order valence-corrected chi connectivity index (χ2v) is 4.95. The van der Waals surface area contributed by atoms with Crippen molar-refractivity contribution < 1.29 is 14.3 Å². The Bertz CT molecular complexity index is 495. The number of anilines is 2. The highest BCUT2D eigenvalue weighted by Crippen LogP contribution is 2.19. The molecule has 124 valence electrons. The smallest absolute Gasteiger partial charge is 0.243 e. The number of amides is 1. The van der Waals surface area contributed by atoms with Crippen LogP contribution in [0.15, 0.2) is 12.1 Å². The van der Waals surface area contributed by atoms with Gasteiger partial charge in [0.15, 0.2) is 0 Å². The van der Waals surface area contributed by atoms with Crippen LogP contribution in [0.2, 0.25) is 0 Å². The number of carbonyl (C=O) groups excluding carboxylic acids is 1. The van der Waals surface area contributed by atoms with Crippen LogP contribution in [-0.2, 0) is 14.3 Å². The number of nitrogens with one attached hydrogen (secondary N) is 1. The zero-order chi connectivity index (χ0) is 15.2. The van der Waals surface area contributed by atoms with E-state index in [1.165, 1.54) is 7.11 Å². The minimum Gasteiger partial charge on any atom is -0.383 e. The summed E-state index contributed by atoms with van der Waals surface area (Å²) < 4.78 is 10.2. The topological polar surface area (TPSA) is 89.7 Å². The molecule has 2 heterocycles. The monoisotopic (exact) mass is 330 g/mol. The molecule has 22 heavy (non-hydrogen) atoms. The standard InChI is InChI=1S/C14H22N4O3.ClH/c1-10-12(17-14(19)11(15)9-20-2)3-4-13(16-10)18-5-7-21-8-6-18;/h3-4,11H,5-9,15H2,1-2H3,(H,17,19);1H. The molecule has 1 atom stereocenters. The molecule has 1 unspecified atom stereocenters. The van der Waals surface area contributed by atoms with E-state index in [2.05, 4.69) is 15.2 Å². The van der Waals surface area contributed by atoms with Crippen molar-refractivity contribution in [3.05, 3.63) is 17.8 Å². The first-order valence-corrected chi connectivity index (χ1v) is 6.97. The maximum atomic E-state index is 11.9. The predicted molar refractivity (Wildman–Crippen MR) is 87.7 cm³/mol. The first-order valence-electron chi connectivity index (χ1n) is 6.97. The van der Waals surface area contributed by atoms with Gasteiger partial charge in [0.1, 0.15) is 11.9 Å². The Balaban J connectivity index is 0.00000242. The van der Waals surface area contributed by atoms with Crippen LogP contribution < -0.4 is 16.0 Å². The largest absolute Gasteiger partial charge is 0.383 e. The van der Waals surface area contributed by atoms with Crippen LogP contribution >= 0.6 is 12.4 Å². The molecule has 1 aliphatic heterocycles. The Morgan fingerprint density at radius 3 is 2.77 bits per heavy atom. The molecule has 8 heteroatoms. The van der Waals surface area contributed by atoms with E-state index in [4.69, 9.17) is 15.2 Å². The molecule has 0 aromatic carbocycles. The van der Waals surface area contributed by atoms with Crippen molar-refractivity contribution in [1.82, 2.24) is 4.98 Å². The average Bonchev–Trinajstić information content (AvgIpc) is 2.50. The van der Waals surface area contributed by atoms with Crippen molar-refractivity contribution in [2.45, 2.75) is 13.0 Å². The van der Waals surface area contributed by atoms with Crippen LogP contribution in [0.25, 0.3) is 0 Å². The molecule has 0 aliphatic carbocycles. The molecule has 0 radical (unpaired) electrons. The van der Waals surface area contributed by atoms with Crippen molar-refractivity contribution in [3.8, 4) is 0 Å². The van der Waals surface area contributed by atoms with Gasteiger partial charge in [0.25, 0.3) is 0 Å². The zero-order valence-corrected chi connectivity index (χ0v) is 13.7. The van der Waals surface area contributed by atoms with E-state index in [9.17, 15) is 4.79 Å². The number of hydrogen-bond donors (Lipinski definition) is 2. The lowest BCUT2D eigenvalue weighted by atomic mass is 10.2. The third-order valence-corrected chi connectivity index (χ3v) is 3.35. The normalized spacial score (nSPS) is 15.9. The fourth-order valence-corrected chi connectivity index (χ4v) is 2.13. The number of morpholine rings is 1. The zero-order valence-electron chi connectivity index (χ0n) is 12.9. The molecule has 1 amide bonds. The summed E-state index contributed by atoms with van der Waals surface area (Å²) in [7, 11) is 1.51. The summed E-state index contributed by atoms with van der Waals surface area (Å²) in [6, 6.07) is 3.06. The van der Waals surface area contributed by atoms with Crippen LogP contribution in [0.1, 0.15) is 5.69 Å².